The molecule has 3 heteroatoms. The van der Waals surface area contributed by atoms with E-state index in [9.17, 15) is 0 Å². The Hall–Kier alpha value is -1.06. The monoisotopic (exact) mass is 275 g/mol. The third-order valence-electron chi connectivity index (χ3n) is 4.31. The van der Waals surface area contributed by atoms with Gasteiger partial charge in [-0.25, -0.2) is 0 Å². The lowest BCUT2D eigenvalue weighted by Crippen LogP contribution is -2.41. The van der Waals surface area contributed by atoms with Crippen molar-refractivity contribution in [1.29, 1.82) is 0 Å². The number of ether oxygens (including phenoxy) is 2. The molecule has 20 heavy (non-hydrogen) atoms. The van der Waals surface area contributed by atoms with E-state index in [1.807, 2.05) is 0 Å². The van der Waals surface area contributed by atoms with E-state index in [2.05, 4.69) is 43.4 Å². The van der Waals surface area contributed by atoms with Gasteiger partial charge in [0.2, 0.25) is 0 Å². The summed E-state index contributed by atoms with van der Waals surface area (Å²) in [6, 6.07) is 8.80. The zero-order chi connectivity index (χ0) is 14.0. The summed E-state index contributed by atoms with van der Waals surface area (Å²) in [6.07, 6.45) is 5.13. The molecule has 1 aliphatic carbocycles. The zero-order valence-corrected chi connectivity index (χ0v) is 12.5. The van der Waals surface area contributed by atoms with Crippen molar-refractivity contribution in [3.05, 3.63) is 29.8 Å². The summed E-state index contributed by atoms with van der Waals surface area (Å²) < 4.78 is 11.8. The van der Waals surface area contributed by atoms with Crippen LogP contribution in [0.25, 0.3) is 0 Å². The molecule has 0 amide bonds. The van der Waals surface area contributed by atoms with Crippen molar-refractivity contribution in [2.24, 2.45) is 0 Å². The average Bonchev–Trinajstić information content (AvgIpc) is 3.16. The predicted octanol–water partition coefficient (Wildman–Crippen LogP) is 3.45. The lowest BCUT2D eigenvalue weighted by Gasteiger charge is -2.34. The van der Waals surface area contributed by atoms with E-state index in [-0.39, 0.29) is 11.6 Å². The Labute approximate surface area is 121 Å². The van der Waals surface area contributed by atoms with Gasteiger partial charge in [-0.15, -0.1) is 0 Å². The molecule has 2 aliphatic rings. The van der Waals surface area contributed by atoms with Gasteiger partial charge in [-0.2, -0.15) is 0 Å². The second-order valence-corrected chi connectivity index (χ2v) is 6.14. The van der Waals surface area contributed by atoms with Crippen LogP contribution in [0.15, 0.2) is 24.3 Å². The second-order valence-electron chi connectivity index (χ2n) is 6.14. The van der Waals surface area contributed by atoms with Crippen LogP contribution in [0.5, 0.6) is 5.75 Å². The number of rotatable bonds is 6. The van der Waals surface area contributed by atoms with Crippen LogP contribution < -0.4 is 10.1 Å². The fourth-order valence-electron chi connectivity index (χ4n) is 3.04. The number of benzene rings is 1. The van der Waals surface area contributed by atoms with Crippen LogP contribution in [-0.2, 0) is 4.74 Å². The molecule has 1 aromatic rings. The minimum Gasteiger partial charge on any atom is -0.490 e. The van der Waals surface area contributed by atoms with Crippen LogP contribution in [0.3, 0.4) is 0 Å². The highest BCUT2D eigenvalue weighted by atomic mass is 16.5. The summed E-state index contributed by atoms with van der Waals surface area (Å²) in [6.45, 7) is 6.20. The van der Waals surface area contributed by atoms with Gasteiger partial charge in [-0.3, -0.25) is 0 Å². The van der Waals surface area contributed by atoms with Crippen LogP contribution in [-0.4, -0.2) is 24.9 Å². The van der Waals surface area contributed by atoms with E-state index < -0.39 is 0 Å². The van der Waals surface area contributed by atoms with E-state index in [1.165, 1.54) is 18.4 Å². The standard InChI is InChI=1S/C17H25NO2/c1-3-18-16(17(2)11-4-12-19-17)13-5-7-14(8-6-13)20-15-9-10-15/h5-8,15-16,18H,3-4,9-12H2,1-2H3. The number of hydrogen-bond acceptors (Lipinski definition) is 3. The summed E-state index contributed by atoms with van der Waals surface area (Å²) in [7, 11) is 0. The third-order valence-corrected chi connectivity index (χ3v) is 4.31. The van der Waals surface area contributed by atoms with Gasteiger partial charge in [-0.05, 0) is 56.8 Å². The molecule has 3 nitrogen and oxygen atoms in total. The Morgan fingerprint density at radius 1 is 1.35 bits per heavy atom. The van der Waals surface area contributed by atoms with Crippen molar-refractivity contribution in [3.63, 3.8) is 0 Å². The highest BCUT2D eigenvalue weighted by Gasteiger charge is 2.38. The first-order chi connectivity index (χ1) is 9.71. The molecular formula is C17H25NO2. The molecular weight excluding hydrogens is 250 g/mol. The fraction of sp³-hybridized carbons (Fsp3) is 0.647. The van der Waals surface area contributed by atoms with Crippen molar-refractivity contribution in [3.8, 4) is 5.75 Å². The average molecular weight is 275 g/mol. The van der Waals surface area contributed by atoms with Crippen molar-refractivity contribution in [2.45, 2.75) is 57.3 Å². The van der Waals surface area contributed by atoms with Crippen LogP contribution in [0.4, 0.5) is 0 Å². The molecule has 1 saturated heterocycles. The molecule has 3 rings (SSSR count). The molecule has 1 aliphatic heterocycles. The molecule has 1 saturated carbocycles. The van der Waals surface area contributed by atoms with E-state index in [4.69, 9.17) is 9.47 Å². The second kappa shape index (κ2) is 5.74. The summed E-state index contributed by atoms with van der Waals surface area (Å²) in [5, 5.41) is 3.59. The predicted molar refractivity (Wildman–Crippen MR) is 80.1 cm³/mol. The van der Waals surface area contributed by atoms with Crippen molar-refractivity contribution in [2.75, 3.05) is 13.2 Å². The van der Waals surface area contributed by atoms with Crippen LogP contribution in [0.2, 0.25) is 0 Å². The van der Waals surface area contributed by atoms with Gasteiger partial charge in [0.25, 0.3) is 0 Å². The minimum atomic E-state index is -0.0884. The number of likely N-dealkylation sites (N-methyl/N-ethyl adjacent to an activating group) is 1. The Morgan fingerprint density at radius 3 is 2.65 bits per heavy atom. The maximum Gasteiger partial charge on any atom is 0.119 e. The molecule has 2 fully saturated rings. The zero-order valence-electron chi connectivity index (χ0n) is 12.5. The van der Waals surface area contributed by atoms with Gasteiger partial charge in [0.05, 0.1) is 17.7 Å². The first-order valence-corrected chi connectivity index (χ1v) is 7.85. The summed E-state index contributed by atoms with van der Waals surface area (Å²) in [5.41, 5.74) is 1.20. The normalized spacial score (nSPS) is 27.5. The molecule has 110 valence electrons. The molecule has 0 radical (unpaired) electrons. The van der Waals surface area contributed by atoms with E-state index in [1.54, 1.807) is 0 Å². The first-order valence-electron chi connectivity index (χ1n) is 7.85. The van der Waals surface area contributed by atoms with Gasteiger partial charge in [0, 0.05) is 6.61 Å². The molecule has 0 bridgehead atoms. The molecule has 2 unspecified atom stereocenters. The molecule has 0 spiro atoms. The van der Waals surface area contributed by atoms with E-state index >= 15 is 0 Å². The Balaban J connectivity index is 1.75. The SMILES string of the molecule is CCNC(c1ccc(OC2CC2)cc1)C1(C)CCCO1. The largest absolute Gasteiger partial charge is 0.490 e. The minimum absolute atomic E-state index is 0.0884. The Kier molecular flexibility index (Phi) is 3.99. The first kappa shape index (κ1) is 13.9. The molecule has 1 N–H and O–H groups in total. The summed E-state index contributed by atoms with van der Waals surface area (Å²) in [4.78, 5) is 0. The van der Waals surface area contributed by atoms with Gasteiger partial charge in [-0.1, -0.05) is 19.1 Å². The van der Waals surface area contributed by atoms with E-state index in [0.717, 1.165) is 31.7 Å². The highest BCUT2D eigenvalue weighted by Crippen LogP contribution is 2.38. The smallest absolute Gasteiger partial charge is 0.119 e. The molecule has 1 aromatic carbocycles. The molecule has 0 aromatic heterocycles. The van der Waals surface area contributed by atoms with Gasteiger partial charge < -0.3 is 14.8 Å². The molecule has 2 atom stereocenters. The Morgan fingerprint density at radius 2 is 2.10 bits per heavy atom. The Bertz CT molecular complexity index is 433. The van der Waals surface area contributed by atoms with Gasteiger partial charge >= 0.3 is 0 Å². The third kappa shape index (κ3) is 2.99. The maximum absolute atomic E-state index is 6.02. The summed E-state index contributed by atoms with van der Waals surface area (Å²) >= 11 is 0. The number of hydrogen-bond donors (Lipinski definition) is 1. The molecule has 1 heterocycles. The maximum atomic E-state index is 6.02. The van der Waals surface area contributed by atoms with Gasteiger partial charge in [0.1, 0.15) is 5.75 Å². The topological polar surface area (TPSA) is 30.5 Å². The van der Waals surface area contributed by atoms with Crippen molar-refractivity contribution >= 4 is 0 Å². The summed E-state index contributed by atoms with van der Waals surface area (Å²) in [5.74, 6) is 0.990. The fourth-order valence-corrected chi connectivity index (χ4v) is 3.04. The van der Waals surface area contributed by atoms with Crippen molar-refractivity contribution < 1.29 is 9.47 Å². The van der Waals surface area contributed by atoms with Crippen LogP contribution in [0.1, 0.15) is 51.1 Å². The van der Waals surface area contributed by atoms with Crippen LogP contribution >= 0.6 is 0 Å². The van der Waals surface area contributed by atoms with Gasteiger partial charge in [0.15, 0.2) is 0 Å². The number of nitrogens with one attached hydrogen (secondary N) is 1. The van der Waals surface area contributed by atoms with E-state index in [0.29, 0.717) is 6.10 Å². The van der Waals surface area contributed by atoms with Crippen LogP contribution in [0, 0.1) is 0 Å². The highest BCUT2D eigenvalue weighted by molar-refractivity contribution is 5.31. The lowest BCUT2D eigenvalue weighted by molar-refractivity contribution is -0.0121. The lowest BCUT2D eigenvalue weighted by atomic mass is 9.87. The quantitative estimate of drug-likeness (QED) is 0.862. The van der Waals surface area contributed by atoms with Crippen molar-refractivity contribution in [1.82, 2.24) is 5.32 Å².